The molecule has 5 rings (SSSR count). The van der Waals surface area contributed by atoms with Gasteiger partial charge < -0.3 is 4.42 Å². The number of aromatic nitrogens is 2. The molecule has 2 aliphatic rings. The van der Waals surface area contributed by atoms with Gasteiger partial charge in [0, 0.05) is 24.2 Å². The van der Waals surface area contributed by atoms with Crippen LogP contribution >= 0.6 is 11.8 Å². The first-order valence-electron chi connectivity index (χ1n) is 11.7. The van der Waals surface area contributed by atoms with E-state index in [0.717, 1.165) is 32.1 Å². The Kier molecular flexibility index (Phi) is 6.85. The lowest BCUT2D eigenvalue weighted by Gasteiger charge is -2.25. The number of aryl methyl sites for hydroxylation is 2. The number of Topliss-reactive ketones (excluding diaryl/α,β-unsaturated/α-hetero) is 1. The predicted molar refractivity (Wildman–Crippen MR) is 130 cm³/mol. The zero-order chi connectivity index (χ0) is 23.5. The highest BCUT2D eigenvalue weighted by Crippen LogP contribution is 2.28. The number of carbonyl (C=O) groups excluding carboxylic acids is 1. The van der Waals surface area contributed by atoms with Crippen LogP contribution in [0.5, 0.6) is 0 Å². The Morgan fingerprint density at radius 3 is 2.56 bits per heavy atom. The van der Waals surface area contributed by atoms with Crippen molar-refractivity contribution in [3.8, 4) is 11.5 Å². The van der Waals surface area contributed by atoms with Crippen LogP contribution in [0, 0.1) is 0 Å². The van der Waals surface area contributed by atoms with Crippen molar-refractivity contribution >= 4 is 27.6 Å². The molecule has 0 unspecified atom stereocenters. The van der Waals surface area contributed by atoms with E-state index in [1.54, 1.807) is 24.3 Å². The zero-order valence-corrected chi connectivity index (χ0v) is 20.5. The molecule has 0 bridgehead atoms. The molecule has 2 aromatic carbocycles. The highest BCUT2D eigenvalue weighted by Gasteiger charge is 2.26. The van der Waals surface area contributed by atoms with Gasteiger partial charge in [-0.25, -0.2) is 8.42 Å². The summed E-state index contributed by atoms with van der Waals surface area (Å²) in [6.45, 7) is 1.10. The molecular weight excluding hydrogens is 470 g/mol. The first kappa shape index (κ1) is 23.3. The monoisotopic (exact) mass is 497 g/mol. The minimum Gasteiger partial charge on any atom is -0.411 e. The largest absolute Gasteiger partial charge is 0.411 e. The first-order valence-corrected chi connectivity index (χ1v) is 14.2. The van der Waals surface area contributed by atoms with Crippen molar-refractivity contribution in [3.05, 3.63) is 59.2 Å². The molecular formula is C25H27N3O4S2. The summed E-state index contributed by atoms with van der Waals surface area (Å²) in [6, 6.07) is 12.6. The number of piperidine rings is 1. The van der Waals surface area contributed by atoms with E-state index in [2.05, 4.69) is 16.3 Å². The Morgan fingerprint density at radius 2 is 1.74 bits per heavy atom. The number of ketones is 1. The van der Waals surface area contributed by atoms with Crippen LogP contribution in [0.3, 0.4) is 0 Å². The predicted octanol–water partition coefficient (Wildman–Crippen LogP) is 4.77. The van der Waals surface area contributed by atoms with E-state index in [1.807, 2.05) is 12.1 Å². The van der Waals surface area contributed by atoms with Gasteiger partial charge in [0.1, 0.15) is 0 Å². The summed E-state index contributed by atoms with van der Waals surface area (Å²) in [5.41, 5.74) is 3.88. The van der Waals surface area contributed by atoms with Crippen molar-refractivity contribution in [2.24, 2.45) is 0 Å². The third-order valence-electron chi connectivity index (χ3n) is 6.44. The Bertz CT molecular complexity index is 1300. The minimum atomic E-state index is -3.55. The molecule has 0 saturated carbocycles. The van der Waals surface area contributed by atoms with Crippen molar-refractivity contribution in [2.45, 2.75) is 55.1 Å². The highest BCUT2D eigenvalue weighted by atomic mass is 32.2. The van der Waals surface area contributed by atoms with Gasteiger partial charge in [0.2, 0.25) is 15.9 Å². The van der Waals surface area contributed by atoms with Gasteiger partial charge in [0.25, 0.3) is 5.22 Å². The second kappa shape index (κ2) is 10.0. The van der Waals surface area contributed by atoms with Gasteiger partial charge in [0.15, 0.2) is 5.78 Å². The van der Waals surface area contributed by atoms with E-state index < -0.39 is 10.0 Å². The summed E-state index contributed by atoms with van der Waals surface area (Å²) in [6.07, 6.45) is 7.32. The molecule has 2 heterocycles. The van der Waals surface area contributed by atoms with E-state index in [-0.39, 0.29) is 27.5 Å². The maximum atomic E-state index is 13.0. The van der Waals surface area contributed by atoms with E-state index in [9.17, 15) is 13.2 Å². The molecule has 34 heavy (non-hydrogen) atoms. The van der Waals surface area contributed by atoms with Crippen LogP contribution in [0.2, 0.25) is 0 Å². The molecule has 0 atom stereocenters. The summed E-state index contributed by atoms with van der Waals surface area (Å²) in [7, 11) is -3.55. The zero-order valence-electron chi connectivity index (χ0n) is 18.9. The maximum Gasteiger partial charge on any atom is 0.277 e. The van der Waals surface area contributed by atoms with Crippen LogP contribution in [-0.2, 0) is 22.9 Å². The molecule has 178 valence electrons. The Morgan fingerprint density at radius 1 is 0.941 bits per heavy atom. The Labute approximate surface area is 204 Å². The van der Waals surface area contributed by atoms with Gasteiger partial charge in [-0.05, 0) is 73.9 Å². The first-order chi connectivity index (χ1) is 16.5. The number of benzene rings is 2. The average molecular weight is 498 g/mol. The molecule has 1 aromatic heterocycles. The van der Waals surface area contributed by atoms with Gasteiger partial charge in [-0.1, -0.05) is 36.4 Å². The summed E-state index contributed by atoms with van der Waals surface area (Å²) in [5.74, 6) is 0.455. The van der Waals surface area contributed by atoms with E-state index in [4.69, 9.17) is 4.42 Å². The molecule has 3 aromatic rings. The van der Waals surface area contributed by atoms with Crippen molar-refractivity contribution in [2.75, 3.05) is 18.8 Å². The van der Waals surface area contributed by atoms with Gasteiger partial charge in [-0.15, -0.1) is 10.2 Å². The highest BCUT2D eigenvalue weighted by molar-refractivity contribution is 7.99. The summed E-state index contributed by atoms with van der Waals surface area (Å²) < 4.78 is 33.3. The molecule has 1 aliphatic heterocycles. The molecule has 0 spiro atoms. The number of nitrogens with zero attached hydrogens (tertiary/aromatic N) is 3. The third-order valence-corrected chi connectivity index (χ3v) is 9.15. The van der Waals surface area contributed by atoms with Gasteiger partial charge in [-0.3, -0.25) is 4.79 Å². The fourth-order valence-corrected chi connectivity index (χ4v) is 6.77. The second-order valence-corrected chi connectivity index (χ2v) is 11.6. The van der Waals surface area contributed by atoms with Crippen LogP contribution in [0.15, 0.2) is 57.0 Å². The average Bonchev–Trinajstić information content (AvgIpc) is 3.37. The van der Waals surface area contributed by atoms with Gasteiger partial charge >= 0.3 is 0 Å². The molecule has 1 saturated heterocycles. The van der Waals surface area contributed by atoms with E-state index in [0.29, 0.717) is 24.2 Å². The van der Waals surface area contributed by atoms with Crippen LogP contribution in [0.25, 0.3) is 11.5 Å². The maximum absolute atomic E-state index is 13.0. The molecule has 0 radical (unpaired) electrons. The quantitative estimate of drug-likeness (QED) is 0.343. The Balaban J connectivity index is 1.26. The fraction of sp³-hybridized carbons (Fsp3) is 0.400. The van der Waals surface area contributed by atoms with Crippen molar-refractivity contribution < 1.29 is 17.6 Å². The molecule has 0 amide bonds. The third kappa shape index (κ3) is 4.96. The van der Waals surface area contributed by atoms with Crippen molar-refractivity contribution in [1.82, 2.24) is 14.5 Å². The van der Waals surface area contributed by atoms with Gasteiger partial charge in [-0.2, -0.15) is 4.31 Å². The number of hydrogen-bond acceptors (Lipinski definition) is 7. The molecule has 1 fully saturated rings. The second-order valence-electron chi connectivity index (χ2n) is 8.77. The number of thioether (sulfide) groups is 1. The van der Waals surface area contributed by atoms with Gasteiger partial charge in [0.05, 0.1) is 10.6 Å². The van der Waals surface area contributed by atoms with Crippen LogP contribution in [-0.4, -0.2) is 47.5 Å². The van der Waals surface area contributed by atoms with Crippen molar-refractivity contribution in [3.63, 3.8) is 0 Å². The normalized spacial score (nSPS) is 16.8. The molecule has 0 N–H and O–H groups in total. The number of fused-ring (bicyclic) bond motifs is 1. The number of sulfonamides is 1. The van der Waals surface area contributed by atoms with E-state index in [1.165, 1.54) is 40.0 Å². The smallest absolute Gasteiger partial charge is 0.277 e. The SMILES string of the molecule is O=C(CSc1nnc(-c2cccc(S(=O)(=O)N3CCCCC3)c2)o1)c1ccc2c(c1)CCCC2. The standard InChI is InChI=1S/C25H27N3O4S2/c29-23(20-12-11-18-7-2-3-8-19(18)15-20)17-33-25-27-26-24(32-25)21-9-6-10-22(16-21)34(30,31)28-13-4-1-5-14-28/h6,9-12,15-16H,1-5,7-8,13-14,17H2. The summed E-state index contributed by atoms with van der Waals surface area (Å²) in [5, 5.41) is 8.40. The lowest BCUT2D eigenvalue weighted by molar-refractivity contribution is 0.102. The summed E-state index contributed by atoms with van der Waals surface area (Å²) >= 11 is 1.19. The fourth-order valence-electron chi connectivity index (χ4n) is 4.55. The number of hydrogen-bond donors (Lipinski definition) is 0. The van der Waals surface area contributed by atoms with Crippen LogP contribution in [0.1, 0.15) is 53.6 Å². The summed E-state index contributed by atoms with van der Waals surface area (Å²) in [4.78, 5) is 12.9. The lowest BCUT2D eigenvalue weighted by Crippen LogP contribution is -2.35. The minimum absolute atomic E-state index is 0.0211. The number of rotatable bonds is 7. The van der Waals surface area contributed by atoms with Crippen LogP contribution in [0.4, 0.5) is 0 Å². The van der Waals surface area contributed by atoms with Crippen LogP contribution < -0.4 is 0 Å². The lowest BCUT2D eigenvalue weighted by atomic mass is 9.90. The topological polar surface area (TPSA) is 93.4 Å². The molecule has 1 aliphatic carbocycles. The Hall–Kier alpha value is -2.49. The van der Waals surface area contributed by atoms with E-state index >= 15 is 0 Å². The van der Waals surface area contributed by atoms with Crippen molar-refractivity contribution in [1.29, 1.82) is 0 Å². The molecule has 7 nitrogen and oxygen atoms in total. The molecule has 9 heteroatoms. The number of carbonyl (C=O) groups is 1.